The molecule has 0 aliphatic heterocycles. The van der Waals surface area contributed by atoms with Crippen LogP contribution in [-0.2, 0) is 65.4 Å². The maximum atomic E-state index is 13.1. The Balaban J connectivity index is 5.43. The minimum atomic E-state index is -5.00. The van der Waals surface area contributed by atoms with E-state index in [1.807, 2.05) is 18.2 Å². The van der Waals surface area contributed by atoms with Crippen molar-refractivity contribution in [3.63, 3.8) is 0 Å². The molecule has 0 amide bonds. The number of rotatable bonds is 75. The van der Waals surface area contributed by atoms with Gasteiger partial charge in [-0.05, 0) is 141 Å². The van der Waals surface area contributed by atoms with E-state index in [1.165, 1.54) is 96.3 Å². The fourth-order valence-electron chi connectivity index (χ4n) is 10.6. The van der Waals surface area contributed by atoms with E-state index < -0.39 is 97.5 Å². The van der Waals surface area contributed by atoms with Crippen molar-refractivity contribution < 1.29 is 80.2 Å². The number of unbranched alkanes of at least 4 members (excludes halogenated alkanes) is 31. The van der Waals surface area contributed by atoms with Crippen molar-refractivity contribution in [2.75, 3.05) is 39.6 Å². The molecule has 0 aromatic heterocycles. The highest BCUT2D eigenvalue weighted by Gasteiger charge is 2.30. The molecule has 102 heavy (non-hydrogen) atoms. The summed E-state index contributed by atoms with van der Waals surface area (Å²) in [6.45, 7) is 4.65. The van der Waals surface area contributed by atoms with Crippen LogP contribution in [0.1, 0.15) is 336 Å². The van der Waals surface area contributed by atoms with E-state index in [0.717, 1.165) is 154 Å². The summed E-state index contributed by atoms with van der Waals surface area (Å²) in [6, 6.07) is 0. The van der Waals surface area contributed by atoms with Crippen LogP contribution in [0.2, 0.25) is 0 Å². The van der Waals surface area contributed by atoms with E-state index in [1.54, 1.807) is 0 Å². The van der Waals surface area contributed by atoms with Crippen molar-refractivity contribution in [3.05, 3.63) is 109 Å². The van der Waals surface area contributed by atoms with Crippen LogP contribution in [0.15, 0.2) is 109 Å². The molecule has 588 valence electrons. The molecule has 0 bridgehead atoms. The summed E-state index contributed by atoms with van der Waals surface area (Å²) in [7, 11) is -9.98. The number of aliphatic hydroxyl groups is 1. The average molecular weight is 1480 g/mol. The Bertz CT molecular complexity index is 2360. The molecule has 5 atom stereocenters. The van der Waals surface area contributed by atoms with Crippen molar-refractivity contribution in [3.8, 4) is 0 Å². The quantitative estimate of drug-likeness (QED) is 0.0169. The predicted molar refractivity (Wildman–Crippen MR) is 418 cm³/mol. The van der Waals surface area contributed by atoms with Crippen LogP contribution in [-0.4, -0.2) is 96.7 Å². The first-order chi connectivity index (χ1) is 49.7. The van der Waals surface area contributed by atoms with Gasteiger partial charge >= 0.3 is 39.5 Å². The molecular weight excluding hydrogens is 1330 g/mol. The second-order valence-electron chi connectivity index (χ2n) is 26.6. The number of phosphoric acid groups is 2. The molecule has 0 aromatic rings. The van der Waals surface area contributed by atoms with Gasteiger partial charge < -0.3 is 33.8 Å². The summed E-state index contributed by atoms with van der Waals surface area (Å²) in [5, 5.41) is 10.6. The molecule has 0 aliphatic carbocycles. The lowest BCUT2D eigenvalue weighted by atomic mass is 10.1. The van der Waals surface area contributed by atoms with Gasteiger partial charge in [0, 0.05) is 25.7 Å². The van der Waals surface area contributed by atoms with Gasteiger partial charge in [-0.3, -0.25) is 37.3 Å². The molecule has 0 aliphatic rings. The van der Waals surface area contributed by atoms with E-state index in [4.69, 9.17) is 37.0 Å². The molecule has 3 N–H and O–H groups in total. The Morgan fingerprint density at radius 1 is 0.284 bits per heavy atom. The Morgan fingerprint density at radius 2 is 0.529 bits per heavy atom. The zero-order valence-electron chi connectivity index (χ0n) is 64.3. The second kappa shape index (κ2) is 75.0. The van der Waals surface area contributed by atoms with Gasteiger partial charge in [0.2, 0.25) is 0 Å². The van der Waals surface area contributed by atoms with E-state index in [0.29, 0.717) is 32.1 Å². The summed E-state index contributed by atoms with van der Waals surface area (Å²) in [4.78, 5) is 72.9. The van der Waals surface area contributed by atoms with Crippen molar-refractivity contribution in [1.29, 1.82) is 0 Å². The molecule has 0 radical (unpaired) electrons. The van der Waals surface area contributed by atoms with E-state index in [-0.39, 0.29) is 25.7 Å². The number of carbonyl (C=O) groups excluding carboxylic acids is 4. The number of aliphatic hydroxyl groups excluding tert-OH is 1. The Hall–Kier alpha value is -4.28. The first kappa shape index (κ1) is 97.7. The minimum Gasteiger partial charge on any atom is -0.462 e. The van der Waals surface area contributed by atoms with Gasteiger partial charge in [-0.25, -0.2) is 9.13 Å². The van der Waals surface area contributed by atoms with Gasteiger partial charge in [-0.1, -0.05) is 278 Å². The SMILES string of the molecule is CC/C=C\C/C=C\C/C=C\C/C=C\C/C=C\C/C=C\CCC(=O)O[C@H](COC(=O)CCCCCCCCC/C=C\CCCCCC)COP(=O)(O)OC[C@H](O)COP(=O)(O)OC[C@@H](COC(=O)CCCCCCC/C=C\CCCCCCCC)OC(=O)CCCCCCC/C=C\CCCCCC. The van der Waals surface area contributed by atoms with E-state index in [2.05, 4.69) is 119 Å². The van der Waals surface area contributed by atoms with Crippen molar-refractivity contribution in [2.24, 2.45) is 0 Å². The van der Waals surface area contributed by atoms with Crippen LogP contribution < -0.4 is 0 Å². The van der Waals surface area contributed by atoms with Gasteiger partial charge in [0.1, 0.15) is 19.3 Å². The molecule has 0 aromatic carbocycles. The van der Waals surface area contributed by atoms with E-state index >= 15 is 0 Å². The predicted octanol–water partition coefficient (Wildman–Crippen LogP) is 23.3. The third-order valence-electron chi connectivity index (χ3n) is 16.7. The van der Waals surface area contributed by atoms with Gasteiger partial charge in [-0.2, -0.15) is 0 Å². The molecule has 0 spiro atoms. The molecule has 2 unspecified atom stereocenters. The van der Waals surface area contributed by atoms with Crippen LogP contribution >= 0.6 is 15.6 Å². The molecule has 0 fully saturated rings. The standard InChI is InChI=1S/C83H144O17P2/c1-5-9-13-17-21-25-29-33-36-37-38-39-42-46-50-54-58-62-66-70-83(88)100-79(74-94-81(86)68-64-60-56-52-48-45-41-35-31-27-23-19-15-11-7-3)76-98-102(91,92)96-72-77(84)71-95-101(89,90)97-75-78(99-82(87)69-65-61-57-53-49-43-32-28-24-20-16-12-8-4)73-93-80(85)67-63-59-55-51-47-44-40-34-30-26-22-18-14-10-6-2/h9,13,21,25,27-28,31-34,36,38-40,46,50,58,62,77-79,84H,5-8,10-12,14-20,22-24,26,29-30,35,37,41-45,47-49,51-57,59-61,63-76H2,1-4H3,(H,89,90)(H,91,92)/b13-9-,25-21-,31-27-,32-28-,36-33-,39-38-,40-34-,50-46-,62-58-/t77-,78-,79-/m1/s1. The number of esters is 4. The monoisotopic (exact) mass is 1470 g/mol. The number of hydrogen-bond donors (Lipinski definition) is 3. The number of hydrogen-bond acceptors (Lipinski definition) is 15. The summed E-state index contributed by atoms with van der Waals surface area (Å²) in [6.07, 6.45) is 80.8. The fraction of sp³-hybridized carbons (Fsp3) is 0.735. The lowest BCUT2D eigenvalue weighted by Crippen LogP contribution is -2.30. The third kappa shape index (κ3) is 74.0. The summed E-state index contributed by atoms with van der Waals surface area (Å²) >= 11 is 0. The van der Waals surface area contributed by atoms with Crippen LogP contribution in [0.3, 0.4) is 0 Å². The van der Waals surface area contributed by atoms with Crippen LogP contribution in [0.25, 0.3) is 0 Å². The first-order valence-corrected chi connectivity index (χ1v) is 43.1. The lowest BCUT2D eigenvalue weighted by Gasteiger charge is -2.21. The Kier molecular flexibility index (Phi) is 71.8. The minimum absolute atomic E-state index is 0.0318. The number of ether oxygens (including phenoxy) is 4. The topological polar surface area (TPSA) is 237 Å². The molecule has 0 saturated carbocycles. The van der Waals surface area contributed by atoms with Crippen molar-refractivity contribution in [2.45, 2.75) is 354 Å². The maximum Gasteiger partial charge on any atom is 0.472 e. The highest BCUT2D eigenvalue weighted by atomic mass is 31.2. The molecule has 0 heterocycles. The van der Waals surface area contributed by atoms with Crippen LogP contribution in [0.4, 0.5) is 0 Å². The normalized spacial score (nSPS) is 14.5. The Morgan fingerprint density at radius 3 is 0.853 bits per heavy atom. The second-order valence-corrected chi connectivity index (χ2v) is 29.5. The van der Waals surface area contributed by atoms with Gasteiger partial charge in [0.05, 0.1) is 26.4 Å². The first-order valence-electron chi connectivity index (χ1n) is 40.1. The lowest BCUT2D eigenvalue weighted by molar-refractivity contribution is -0.161. The summed E-state index contributed by atoms with van der Waals surface area (Å²) in [5.74, 6) is -2.28. The molecule has 0 saturated heterocycles. The summed E-state index contributed by atoms with van der Waals surface area (Å²) < 4.78 is 68.5. The van der Waals surface area contributed by atoms with Crippen LogP contribution in [0, 0.1) is 0 Å². The Labute approximate surface area is 619 Å². The van der Waals surface area contributed by atoms with Gasteiger partial charge in [0.25, 0.3) is 0 Å². The van der Waals surface area contributed by atoms with Crippen molar-refractivity contribution in [1.82, 2.24) is 0 Å². The number of carbonyl (C=O) groups is 4. The summed E-state index contributed by atoms with van der Waals surface area (Å²) in [5.41, 5.74) is 0. The number of phosphoric ester groups is 2. The van der Waals surface area contributed by atoms with E-state index in [9.17, 15) is 43.2 Å². The molecule has 0 rings (SSSR count). The zero-order valence-corrected chi connectivity index (χ0v) is 66.0. The van der Waals surface area contributed by atoms with Gasteiger partial charge in [-0.15, -0.1) is 0 Å². The molecular formula is C83H144O17P2. The maximum absolute atomic E-state index is 13.1. The largest absolute Gasteiger partial charge is 0.472 e. The third-order valence-corrected chi connectivity index (χ3v) is 18.6. The molecule has 19 heteroatoms. The number of allylic oxidation sites excluding steroid dienone is 18. The fourth-order valence-corrected chi connectivity index (χ4v) is 12.2. The molecule has 17 nitrogen and oxygen atoms in total. The van der Waals surface area contributed by atoms with Crippen LogP contribution in [0.5, 0.6) is 0 Å². The smallest absolute Gasteiger partial charge is 0.462 e. The van der Waals surface area contributed by atoms with Crippen molar-refractivity contribution >= 4 is 39.5 Å². The average Bonchev–Trinajstić information content (AvgIpc) is 0.908. The highest BCUT2D eigenvalue weighted by molar-refractivity contribution is 7.47. The zero-order chi connectivity index (χ0) is 74.6. The highest BCUT2D eigenvalue weighted by Crippen LogP contribution is 2.45. The van der Waals surface area contributed by atoms with Gasteiger partial charge in [0.15, 0.2) is 12.2 Å².